The first-order valence-corrected chi connectivity index (χ1v) is 6.30. The molecule has 0 N–H and O–H groups in total. The molecule has 0 saturated heterocycles. The van der Waals surface area contributed by atoms with Gasteiger partial charge in [-0.15, -0.1) is 0 Å². The Morgan fingerprint density at radius 2 is 2.10 bits per heavy atom. The zero-order chi connectivity index (χ0) is 14.5. The molecule has 2 rings (SSSR count). The monoisotopic (exact) mass is 279 g/mol. The number of rotatable bonds is 5. The van der Waals surface area contributed by atoms with E-state index < -0.39 is 12.1 Å². The minimum Gasteiger partial charge on any atom is -0.478 e. The van der Waals surface area contributed by atoms with E-state index in [0.717, 1.165) is 0 Å². The number of hydrogen-bond acceptors (Lipinski definition) is 5. The number of methoxy groups -OCH3 is 2. The van der Waals surface area contributed by atoms with Crippen LogP contribution in [0.15, 0.2) is 24.3 Å². The van der Waals surface area contributed by atoms with Crippen molar-refractivity contribution in [2.75, 3.05) is 32.3 Å². The first-order valence-electron chi connectivity index (χ1n) is 6.30. The molecular weight excluding hydrogens is 262 g/mol. The molecule has 1 heterocycles. The molecular formula is C14H17NO5. The lowest BCUT2D eigenvalue weighted by Crippen LogP contribution is -2.48. The fraction of sp³-hybridized carbons (Fsp3) is 0.429. The fourth-order valence-corrected chi connectivity index (χ4v) is 2.05. The SMILES string of the molecule is COCCN1C(=O)[C@@H](CC(=O)OC)Oc2ccccc21. The van der Waals surface area contributed by atoms with Gasteiger partial charge in [0, 0.05) is 13.7 Å². The van der Waals surface area contributed by atoms with E-state index in [4.69, 9.17) is 9.47 Å². The van der Waals surface area contributed by atoms with Crippen LogP contribution in [-0.2, 0) is 19.1 Å². The van der Waals surface area contributed by atoms with Crippen molar-refractivity contribution < 1.29 is 23.8 Å². The molecule has 6 heteroatoms. The second-order valence-electron chi connectivity index (χ2n) is 4.34. The van der Waals surface area contributed by atoms with Gasteiger partial charge in [0.1, 0.15) is 5.75 Å². The Kier molecular flexibility index (Phi) is 4.57. The van der Waals surface area contributed by atoms with Gasteiger partial charge in [0.05, 0.1) is 25.8 Å². The Morgan fingerprint density at radius 1 is 1.35 bits per heavy atom. The highest BCUT2D eigenvalue weighted by atomic mass is 16.5. The molecule has 1 aliphatic rings. The highest BCUT2D eigenvalue weighted by Gasteiger charge is 2.35. The third-order valence-electron chi connectivity index (χ3n) is 3.07. The van der Waals surface area contributed by atoms with Crippen molar-refractivity contribution in [2.24, 2.45) is 0 Å². The Morgan fingerprint density at radius 3 is 2.80 bits per heavy atom. The van der Waals surface area contributed by atoms with Crippen LogP contribution in [0.4, 0.5) is 5.69 Å². The highest BCUT2D eigenvalue weighted by molar-refractivity contribution is 6.01. The summed E-state index contributed by atoms with van der Waals surface area (Å²) in [4.78, 5) is 25.3. The summed E-state index contributed by atoms with van der Waals surface area (Å²) in [5, 5.41) is 0. The zero-order valence-corrected chi connectivity index (χ0v) is 11.5. The van der Waals surface area contributed by atoms with E-state index in [1.165, 1.54) is 7.11 Å². The topological polar surface area (TPSA) is 65.1 Å². The summed E-state index contributed by atoms with van der Waals surface area (Å²) in [7, 11) is 2.86. The largest absolute Gasteiger partial charge is 0.478 e. The molecule has 0 aliphatic carbocycles. The lowest BCUT2D eigenvalue weighted by molar-refractivity contribution is -0.145. The van der Waals surface area contributed by atoms with Crippen molar-refractivity contribution in [1.82, 2.24) is 0 Å². The maximum absolute atomic E-state index is 12.4. The Hall–Kier alpha value is -2.08. The quantitative estimate of drug-likeness (QED) is 0.752. The number of para-hydroxylation sites is 2. The number of hydrogen-bond donors (Lipinski definition) is 0. The Bertz CT molecular complexity index is 502. The second kappa shape index (κ2) is 6.38. The average Bonchev–Trinajstić information content (AvgIpc) is 2.47. The molecule has 1 atom stereocenters. The molecule has 0 fully saturated rings. The number of anilines is 1. The summed E-state index contributed by atoms with van der Waals surface area (Å²) in [5.41, 5.74) is 0.690. The van der Waals surface area contributed by atoms with Crippen molar-refractivity contribution in [3.05, 3.63) is 24.3 Å². The molecule has 1 amide bonds. The van der Waals surface area contributed by atoms with Gasteiger partial charge >= 0.3 is 5.97 Å². The summed E-state index contributed by atoms with van der Waals surface area (Å²) in [6.45, 7) is 0.818. The number of ether oxygens (including phenoxy) is 3. The molecule has 1 aliphatic heterocycles. The molecule has 1 aromatic carbocycles. The number of fused-ring (bicyclic) bond motifs is 1. The van der Waals surface area contributed by atoms with E-state index in [2.05, 4.69) is 4.74 Å². The molecule has 0 bridgehead atoms. The van der Waals surface area contributed by atoms with Crippen LogP contribution < -0.4 is 9.64 Å². The molecule has 0 unspecified atom stereocenters. The molecule has 1 aromatic rings. The van der Waals surface area contributed by atoms with Crippen molar-refractivity contribution in [3.8, 4) is 5.75 Å². The lowest BCUT2D eigenvalue weighted by atomic mass is 10.1. The van der Waals surface area contributed by atoms with E-state index in [9.17, 15) is 9.59 Å². The Labute approximate surface area is 117 Å². The summed E-state index contributed by atoms with van der Waals surface area (Å²) in [5.74, 6) is -0.155. The number of amides is 1. The van der Waals surface area contributed by atoms with Gasteiger partial charge in [-0.05, 0) is 12.1 Å². The van der Waals surface area contributed by atoms with E-state index in [-0.39, 0.29) is 12.3 Å². The molecule has 20 heavy (non-hydrogen) atoms. The van der Waals surface area contributed by atoms with Crippen LogP contribution in [0.25, 0.3) is 0 Å². The maximum atomic E-state index is 12.4. The van der Waals surface area contributed by atoms with Crippen LogP contribution in [0.3, 0.4) is 0 Å². The van der Waals surface area contributed by atoms with Gasteiger partial charge in [0.25, 0.3) is 5.91 Å². The van der Waals surface area contributed by atoms with Gasteiger partial charge in [-0.25, -0.2) is 0 Å². The number of carbonyl (C=O) groups is 2. The van der Waals surface area contributed by atoms with E-state index in [0.29, 0.717) is 24.6 Å². The van der Waals surface area contributed by atoms with Crippen LogP contribution in [0, 0.1) is 0 Å². The number of carbonyl (C=O) groups excluding carboxylic acids is 2. The van der Waals surface area contributed by atoms with Crippen LogP contribution in [0.2, 0.25) is 0 Å². The third kappa shape index (κ3) is 2.91. The molecule has 0 aromatic heterocycles. The van der Waals surface area contributed by atoms with Crippen molar-refractivity contribution >= 4 is 17.6 Å². The predicted octanol–water partition coefficient (Wildman–Crippen LogP) is 0.990. The van der Waals surface area contributed by atoms with E-state index in [1.807, 2.05) is 12.1 Å². The first-order chi connectivity index (χ1) is 9.67. The zero-order valence-electron chi connectivity index (χ0n) is 11.5. The van der Waals surface area contributed by atoms with Gasteiger partial charge in [0.15, 0.2) is 6.10 Å². The molecule has 6 nitrogen and oxygen atoms in total. The minimum atomic E-state index is -0.853. The van der Waals surface area contributed by atoms with Gasteiger partial charge in [0.2, 0.25) is 0 Å². The summed E-state index contributed by atoms with van der Waals surface area (Å²) < 4.78 is 15.2. The van der Waals surface area contributed by atoms with Crippen molar-refractivity contribution in [3.63, 3.8) is 0 Å². The van der Waals surface area contributed by atoms with Gasteiger partial charge in [-0.1, -0.05) is 12.1 Å². The summed E-state index contributed by atoms with van der Waals surface area (Å²) in [6, 6.07) is 7.22. The van der Waals surface area contributed by atoms with Crippen LogP contribution >= 0.6 is 0 Å². The van der Waals surface area contributed by atoms with E-state index >= 15 is 0 Å². The average molecular weight is 279 g/mol. The highest BCUT2D eigenvalue weighted by Crippen LogP contribution is 2.34. The number of esters is 1. The maximum Gasteiger partial charge on any atom is 0.309 e. The molecule has 0 spiro atoms. The van der Waals surface area contributed by atoms with Gasteiger partial charge in [-0.2, -0.15) is 0 Å². The second-order valence-corrected chi connectivity index (χ2v) is 4.34. The fourth-order valence-electron chi connectivity index (χ4n) is 2.05. The van der Waals surface area contributed by atoms with E-state index in [1.54, 1.807) is 24.1 Å². The van der Waals surface area contributed by atoms with Crippen LogP contribution in [0.1, 0.15) is 6.42 Å². The molecule has 108 valence electrons. The van der Waals surface area contributed by atoms with Crippen molar-refractivity contribution in [2.45, 2.75) is 12.5 Å². The molecule has 0 radical (unpaired) electrons. The molecule has 0 saturated carbocycles. The predicted molar refractivity (Wildman–Crippen MR) is 71.7 cm³/mol. The lowest BCUT2D eigenvalue weighted by Gasteiger charge is -2.33. The third-order valence-corrected chi connectivity index (χ3v) is 3.07. The van der Waals surface area contributed by atoms with Crippen LogP contribution in [0.5, 0.6) is 5.75 Å². The standard InChI is InChI=1S/C14H17NO5/c1-18-8-7-15-10-5-3-4-6-11(10)20-12(14(15)17)9-13(16)19-2/h3-6,12H,7-9H2,1-2H3/t12-/m1/s1. The summed E-state index contributed by atoms with van der Waals surface area (Å²) in [6.07, 6.45) is -0.957. The smallest absolute Gasteiger partial charge is 0.309 e. The minimum absolute atomic E-state index is 0.104. The normalized spacial score (nSPS) is 17.4. The number of benzene rings is 1. The van der Waals surface area contributed by atoms with Gasteiger partial charge < -0.3 is 19.1 Å². The first kappa shape index (κ1) is 14.3. The summed E-state index contributed by atoms with van der Waals surface area (Å²) >= 11 is 0. The van der Waals surface area contributed by atoms with Crippen molar-refractivity contribution in [1.29, 1.82) is 0 Å². The number of nitrogens with zero attached hydrogens (tertiary/aromatic N) is 1. The Balaban J connectivity index is 2.25. The van der Waals surface area contributed by atoms with Gasteiger partial charge in [-0.3, -0.25) is 9.59 Å². The van der Waals surface area contributed by atoms with Crippen LogP contribution in [-0.4, -0.2) is 45.4 Å².